The number of hydrogen-bond acceptors (Lipinski definition) is 4. The molecule has 46 heavy (non-hydrogen) atoms. The molecule has 1 N–H and O–H groups in total. The zero-order valence-corrected chi connectivity index (χ0v) is 27.9. The molecule has 1 saturated heterocycles. The van der Waals surface area contributed by atoms with Crippen molar-refractivity contribution in [1.29, 1.82) is 0 Å². The van der Waals surface area contributed by atoms with Crippen molar-refractivity contribution in [1.82, 2.24) is 14.3 Å². The van der Waals surface area contributed by atoms with E-state index in [1.54, 1.807) is 24.3 Å². The van der Waals surface area contributed by atoms with Crippen LogP contribution in [0.3, 0.4) is 0 Å². The molecule has 1 aromatic heterocycles. The molecule has 1 aliphatic rings. The molecule has 2 heterocycles. The largest absolute Gasteiger partial charge is 0.326 e. The smallest absolute Gasteiger partial charge is 0.303 e. The van der Waals surface area contributed by atoms with Crippen LogP contribution < -0.4 is 9.03 Å². The summed E-state index contributed by atoms with van der Waals surface area (Å²) in [6.45, 7) is 4.27. The molecule has 1 fully saturated rings. The summed E-state index contributed by atoms with van der Waals surface area (Å²) in [5, 5.41) is 1.03. The minimum absolute atomic E-state index is 0.254. The first kappa shape index (κ1) is 31.9. The number of amides is 1. The first-order valence-corrected chi connectivity index (χ1v) is 17.4. The summed E-state index contributed by atoms with van der Waals surface area (Å²) in [5.74, 6) is 0.938. The van der Waals surface area contributed by atoms with Gasteiger partial charge in [0, 0.05) is 28.9 Å². The first-order chi connectivity index (χ1) is 22.1. The van der Waals surface area contributed by atoms with E-state index in [9.17, 15) is 13.2 Å². The molecule has 0 radical (unpaired) electrons. The molecule has 0 bridgehead atoms. The third-order valence-electron chi connectivity index (χ3n) is 8.07. The molecular weight excluding hydrogens is 639 g/mol. The van der Waals surface area contributed by atoms with E-state index in [-0.39, 0.29) is 6.54 Å². The summed E-state index contributed by atoms with van der Waals surface area (Å²) >= 11 is 12.7. The zero-order valence-electron chi connectivity index (χ0n) is 25.6. The number of imidazole rings is 1. The van der Waals surface area contributed by atoms with Crippen LogP contribution in [0.2, 0.25) is 10.0 Å². The number of nitrogens with zero attached hydrogens (tertiary/aromatic N) is 3. The van der Waals surface area contributed by atoms with Crippen molar-refractivity contribution in [2.75, 3.05) is 10.8 Å². The van der Waals surface area contributed by atoms with E-state index in [4.69, 9.17) is 28.2 Å². The maximum Gasteiger partial charge on any atom is 0.326 e. The van der Waals surface area contributed by atoms with Crippen molar-refractivity contribution in [2.24, 2.45) is 5.92 Å². The molecule has 0 aliphatic carbocycles. The van der Waals surface area contributed by atoms with Gasteiger partial charge in [0.15, 0.2) is 0 Å². The molecule has 1 amide bonds. The highest BCUT2D eigenvalue weighted by Gasteiger charge is 2.33. The molecule has 4 aromatic carbocycles. The molecule has 0 saturated carbocycles. The van der Waals surface area contributed by atoms with Crippen LogP contribution in [-0.2, 0) is 27.8 Å². The van der Waals surface area contributed by atoms with Gasteiger partial charge < -0.3 is 4.57 Å². The number of halogens is 2. The van der Waals surface area contributed by atoms with Gasteiger partial charge in [0.25, 0.3) is 5.91 Å². The summed E-state index contributed by atoms with van der Waals surface area (Å²) in [6, 6.07) is 29.6. The maximum atomic E-state index is 12.3. The minimum atomic E-state index is -3.90. The minimum Gasteiger partial charge on any atom is -0.303 e. The lowest BCUT2D eigenvalue weighted by molar-refractivity contribution is -0.117. The Bertz CT molecular complexity index is 1970. The fraction of sp³-hybridized carbons (Fsp3) is 0.222. The number of benzene rings is 4. The average molecular weight is 674 g/mol. The summed E-state index contributed by atoms with van der Waals surface area (Å²) < 4.78 is 29.7. The van der Waals surface area contributed by atoms with Gasteiger partial charge in [-0.25, -0.2) is 14.0 Å². The van der Waals surface area contributed by atoms with Crippen molar-refractivity contribution in [2.45, 2.75) is 39.5 Å². The van der Waals surface area contributed by atoms with E-state index in [0.29, 0.717) is 27.8 Å². The second-order valence-electron chi connectivity index (χ2n) is 11.9. The van der Waals surface area contributed by atoms with Crippen LogP contribution in [0.25, 0.3) is 28.1 Å². The van der Waals surface area contributed by atoms with Gasteiger partial charge in [-0.2, -0.15) is 8.42 Å². The van der Waals surface area contributed by atoms with Gasteiger partial charge in [-0.15, -0.1) is 0 Å². The molecule has 6 rings (SSSR count). The Morgan fingerprint density at radius 3 is 2.07 bits per heavy atom. The topological polar surface area (TPSA) is 84.3 Å². The standard InChI is InChI=1S/C36H34Cl2N4O3S/c1-24(2)4-3-5-25-6-10-27(11-7-25)28-12-8-26(9-13-28)20-35-39-34(32-19-14-29(37)21-33(32)38)22-41(35)30-15-17-31(18-16-30)42-23-36(43)40-46(42,44)45/h6-19,21-22,24H,3-5,20,23H2,1-2H3,(H,40,43). The number of aromatic nitrogens is 2. The summed E-state index contributed by atoms with van der Waals surface area (Å²) in [4.78, 5) is 16.7. The Morgan fingerprint density at radius 1 is 0.848 bits per heavy atom. The highest BCUT2D eigenvalue weighted by molar-refractivity contribution is 7.92. The molecule has 0 spiro atoms. The number of nitrogens with one attached hydrogen (secondary N) is 1. The van der Waals surface area contributed by atoms with Crippen molar-refractivity contribution < 1.29 is 13.2 Å². The molecule has 0 atom stereocenters. The predicted octanol–water partition coefficient (Wildman–Crippen LogP) is 8.26. The molecule has 5 aromatic rings. The average Bonchev–Trinajstić information content (AvgIpc) is 3.56. The van der Waals surface area contributed by atoms with Gasteiger partial charge >= 0.3 is 10.2 Å². The van der Waals surface area contributed by atoms with Gasteiger partial charge in [-0.3, -0.25) is 4.79 Å². The second-order valence-corrected chi connectivity index (χ2v) is 14.4. The number of hydrogen-bond donors (Lipinski definition) is 1. The number of anilines is 1. The Hall–Kier alpha value is -4.11. The van der Waals surface area contributed by atoms with Crippen LogP contribution >= 0.6 is 23.2 Å². The third kappa shape index (κ3) is 7.15. The van der Waals surface area contributed by atoms with Gasteiger partial charge in [-0.1, -0.05) is 92.0 Å². The first-order valence-electron chi connectivity index (χ1n) is 15.2. The fourth-order valence-electron chi connectivity index (χ4n) is 5.63. The Morgan fingerprint density at radius 2 is 1.48 bits per heavy atom. The van der Waals surface area contributed by atoms with Crippen molar-refractivity contribution in [3.05, 3.63) is 124 Å². The summed E-state index contributed by atoms with van der Waals surface area (Å²) in [6.07, 6.45) is 6.00. The molecule has 236 valence electrons. The summed E-state index contributed by atoms with van der Waals surface area (Å²) in [7, 11) is -3.90. The van der Waals surface area contributed by atoms with Crippen molar-refractivity contribution in [3.8, 4) is 28.1 Å². The van der Waals surface area contributed by atoms with Gasteiger partial charge in [-0.05, 0) is 83.5 Å². The third-order valence-corrected chi connectivity index (χ3v) is 10.0. The van der Waals surface area contributed by atoms with E-state index in [0.717, 1.165) is 44.8 Å². The molecule has 0 unspecified atom stereocenters. The number of carbonyl (C=O) groups excluding carboxylic acids is 1. The van der Waals surface area contributed by atoms with Crippen LogP contribution in [0.15, 0.2) is 97.2 Å². The van der Waals surface area contributed by atoms with Crippen LogP contribution in [0, 0.1) is 5.92 Å². The Kier molecular flexibility index (Phi) is 9.22. The Balaban J connectivity index is 1.27. The Labute approximate surface area is 280 Å². The SMILES string of the molecule is CC(C)CCCc1ccc(-c2ccc(Cc3nc(-c4ccc(Cl)cc4Cl)cn3-c3ccc(N4CC(=O)NS4(=O)=O)cc3)cc2)cc1. The second kappa shape index (κ2) is 13.3. The van der Waals surface area contributed by atoms with Crippen molar-refractivity contribution in [3.63, 3.8) is 0 Å². The monoisotopic (exact) mass is 672 g/mol. The van der Waals surface area contributed by atoms with Gasteiger partial charge in [0.2, 0.25) is 0 Å². The van der Waals surface area contributed by atoms with E-state index >= 15 is 0 Å². The van der Waals surface area contributed by atoms with E-state index in [2.05, 4.69) is 62.4 Å². The van der Waals surface area contributed by atoms with Crippen LogP contribution in [-0.4, -0.2) is 30.4 Å². The lowest BCUT2D eigenvalue weighted by atomic mass is 9.99. The maximum absolute atomic E-state index is 12.3. The lowest BCUT2D eigenvalue weighted by Gasteiger charge is -2.15. The van der Waals surface area contributed by atoms with E-state index < -0.39 is 16.1 Å². The van der Waals surface area contributed by atoms with E-state index in [1.807, 2.05) is 33.7 Å². The molecule has 1 aliphatic heterocycles. The summed E-state index contributed by atoms with van der Waals surface area (Å²) in [5.41, 5.74) is 7.38. The lowest BCUT2D eigenvalue weighted by Crippen LogP contribution is -2.29. The van der Waals surface area contributed by atoms with Gasteiger partial charge in [0.05, 0.1) is 16.4 Å². The van der Waals surface area contributed by atoms with Crippen LogP contribution in [0.4, 0.5) is 5.69 Å². The molecule has 7 nitrogen and oxygen atoms in total. The quantitative estimate of drug-likeness (QED) is 0.162. The van der Waals surface area contributed by atoms with Crippen LogP contribution in [0.1, 0.15) is 43.6 Å². The van der Waals surface area contributed by atoms with Gasteiger partial charge in [0.1, 0.15) is 12.4 Å². The molecular formula is C36H34Cl2N4O3S. The van der Waals surface area contributed by atoms with Crippen molar-refractivity contribution >= 4 is 45.0 Å². The van der Waals surface area contributed by atoms with Crippen LogP contribution in [0.5, 0.6) is 0 Å². The molecule has 10 heteroatoms. The highest BCUT2D eigenvalue weighted by Crippen LogP contribution is 2.32. The number of carbonyl (C=O) groups is 1. The predicted molar refractivity (Wildman–Crippen MR) is 186 cm³/mol. The normalized spacial score (nSPS) is 14.2. The highest BCUT2D eigenvalue weighted by atomic mass is 35.5. The number of rotatable bonds is 10. The van der Waals surface area contributed by atoms with E-state index in [1.165, 1.54) is 24.0 Å². The fourth-order valence-corrected chi connectivity index (χ4v) is 7.28. The zero-order chi connectivity index (χ0) is 32.4. The number of aryl methyl sites for hydroxylation is 1.